The molecular formula is C21H35IN4. The van der Waals surface area contributed by atoms with Crippen molar-refractivity contribution in [1.29, 1.82) is 0 Å². The van der Waals surface area contributed by atoms with Gasteiger partial charge in [-0.15, -0.1) is 24.0 Å². The maximum absolute atomic E-state index is 4.55. The summed E-state index contributed by atoms with van der Waals surface area (Å²) in [7, 11) is 1.92. The Balaban J connectivity index is 0.00000243. The van der Waals surface area contributed by atoms with Gasteiger partial charge in [0.1, 0.15) is 0 Å². The standard InChI is InChI=1S/C21H34N4.HI/c1-17(2)24-12-7-8-18(15-24)14-23-21(22-3)25-13-11-20(16-25)19-9-5-4-6-10-19;/h4-6,9-10,17-18,20H,7-8,11-16H2,1-3H3,(H,22,23);1H. The van der Waals surface area contributed by atoms with Gasteiger partial charge in [0.25, 0.3) is 0 Å². The number of halogens is 1. The molecular weight excluding hydrogens is 435 g/mol. The Labute approximate surface area is 176 Å². The van der Waals surface area contributed by atoms with Gasteiger partial charge in [-0.25, -0.2) is 0 Å². The lowest BCUT2D eigenvalue weighted by atomic mass is 9.97. The summed E-state index contributed by atoms with van der Waals surface area (Å²) in [5, 5.41) is 3.66. The highest BCUT2D eigenvalue weighted by molar-refractivity contribution is 14.0. The Morgan fingerprint density at radius 1 is 1.15 bits per heavy atom. The lowest BCUT2D eigenvalue weighted by molar-refractivity contribution is 0.140. The molecule has 0 aromatic heterocycles. The second-order valence-corrected chi connectivity index (χ2v) is 7.87. The van der Waals surface area contributed by atoms with Crippen molar-refractivity contribution in [2.45, 2.75) is 45.1 Å². The maximum atomic E-state index is 4.55. The molecule has 26 heavy (non-hydrogen) atoms. The molecule has 3 rings (SSSR count). The molecule has 0 aliphatic carbocycles. The minimum atomic E-state index is 0. The second kappa shape index (κ2) is 10.5. The van der Waals surface area contributed by atoms with Gasteiger partial charge in [-0.2, -0.15) is 0 Å². The first-order valence-electron chi connectivity index (χ1n) is 9.92. The first kappa shape index (κ1) is 21.5. The molecule has 2 saturated heterocycles. The fourth-order valence-electron chi connectivity index (χ4n) is 4.25. The number of nitrogens with zero attached hydrogens (tertiary/aromatic N) is 3. The van der Waals surface area contributed by atoms with E-state index >= 15 is 0 Å². The van der Waals surface area contributed by atoms with Crippen LogP contribution in [-0.2, 0) is 0 Å². The normalized spacial score (nSPS) is 24.6. The number of benzene rings is 1. The van der Waals surface area contributed by atoms with Gasteiger partial charge in [-0.05, 0) is 51.1 Å². The summed E-state index contributed by atoms with van der Waals surface area (Å²) < 4.78 is 0. The molecule has 1 N–H and O–H groups in total. The van der Waals surface area contributed by atoms with Gasteiger partial charge in [0.2, 0.25) is 0 Å². The van der Waals surface area contributed by atoms with Crippen LogP contribution in [0.1, 0.15) is 44.6 Å². The zero-order chi connectivity index (χ0) is 17.6. The monoisotopic (exact) mass is 470 g/mol. The molecule has 4 nitrogen and oxygen atoms in total. The van der Waals surface area contributed by atoms with Crippen LogP contribution < -0.4 is 5.32 Å². The van der Waals surface area contributed by atoms with Gasteiger partial charge in [-0.1, -0.05) is 30.3 Å². The molecule has 0 saturated carbocycles. The van der Waals surface area contributed by atoms with Crippen molar-refractivity contribution in [1.82, 2.24) is 15.1 Å². The van der Waals surface area contributed by atoms with Gasteiger partial charge >= 0.3 is 0 Å². The van der Waals surface area contributed by atoms with Crippen molar-refractivity contribution < 1.29 is 0 Å². The molecule has 1 aromatic rings. The number of aliphatic imine (C=N–C) groups is 1. The van der Waals surface area contributed by atoms with Crippen LogP contribution in [-0.4, -0.2) is 61.6 Å². The van der Waals surface area contributed by atoms with Gasteiger partial charge in [0.05, 0.1) is 0 Å². The van der Waals surface area contributed by atoms with Crippen molar-refractivity contribution in [2.24, 2.45) is 10.9 Å². The van der Waals surface area contributed by atoms with Gasteiger partial charge in [0, 0.05) is 45.2 Å². The van der Waals surface area contributed by atoms with E-state index in [4.69, 9.17) is 0 Å². The molecule has 1 aromatic carbocycles. The van der Waals surface area contributed by atoms with E-state index in [9.17, 15) is 0 Å². The lowest BCUT2D eigenvalue weighted by Gasteiger charge is -2.36. The molecule has 2 atom stereocenters. The van der Waals surface area contributed by atoms with Crippen molar-refractivity contribution >= 4 is 29.9 Å². The summed E-state index contributed by atoms with van der Waals surface area (Å²) >= 11 is 0. The number of piperidine rings is 1. The van der Waals surface area contributed by atoms with Crippen molar-refractivity contribution in [2.75, 3.05) is 39.8 Å². The Morgan fingerprint density at radius 2 is 1.92 bits per heavy atom. The molecule has 5 heteroatoms. The lowest BCUT2D eigenvalue weighted by Crippen LogP contribution is -2.46. The molecule has 0 spiro atoms. The smallest absolute Gasteiger partial charge is 0.193 e. The highest BCUT2D eigenvalue weighted by atomic mass is 127. The molecule has 0 radical (unpaired) electrons. The minimum absolute atomic E-state index is 0. The largest absolute Gasteiger partial charge is 0.356 e. The van der Waals surface area contributed by atoms with Crippen molar-refractivity contribution in [3.63, 3.8) is 0 Å². The van der Waals surface area contributed by atoms with E-state index in [-0.39, 0.29) is 24.0 Å². The van der Waals surface area contributed by atoms with E-state index in [0.717, 1.165) is 31.5 Å². The maximum Gasteiger partial charge on any atom is 0.193 e. The zero-order valence-corrected chi connectivity index (χ0v) is 18.9. The van der Waals surface area contributed by atoms with Gasteiger partial charge in [-0.3, -0.25) is 4.99 Å². The topological polar surface area (TPSA) is 30.9 Å². The van der Waals surface area contributed by atoms with Crippen LogP contribution in [0, 0.1) is 5.92 Å². The van der Waals surface area contributed by atoms with E-state index in [0.29, 0.717) is 12.0 Å². The van der Waals surface area contributed by atoms with Gasteiger partial charge in [0.15, 0.2) is 5.96 Å². The third-order valence-electron chi connectivity index (χ3n) is 5.80. The Morgan fingerprint density at radius 3 is 2.62 bits per heavy atom. The van der Waals surface area contributed by atoms with Crippen LogP contribution in [0.15, 0.2) is 35.3 Å². The minimum Gasteiger partial charge on any atom is -0.356 e. The zero-order valence-electron chi connectivity index (χ0n) is 16.5. The van der Waals surface area contributed by atoms with Crippen LogP contribution >= 0.6 is 24.0 Å². The molecule has 2 unspecified atom stereocenters. The summed E-state index contributed by atoms with van der Waals surface area (Å²) in [6.45, 7) is 10.3. The van der Waals surface area contributed by atoms with E-state index in [1.54, 1.807) is 0 Å². The summed E-state index contributed by atoms with van der Waals surface area (Å²) in [4.78, 5) is 9.60. The Bertz CT molecular complexity index is 560. The number of likely N-dealkylation sites (tertiary alicyclic amines) is 2. The van der Waals surface area contributed by atoms with Crippen LogP contribution in [0.2, 0.25) is 0 Å². The van der Waals surface area contributed by atoms with Crippen LogP contribution in [0.3, 0.4) is 0 Å². The fourth-order valence-corrected chi connectivity index (χ4v) is 4.25. The number of hydrogen-bond donors (Lipinski definition) is 1. The first-order chi connectivity index (χ1) is 12.2. The Hall–Kier alpha value is -0.820. The second-order valence-electron chi connectivity index (χ2n) is 7.87. The molecule has 2 aliphatic heterocycles. The average molecular weight is 470 g/mol. The first-order valence-corrected chi connectivity index (χ1v) is 9.92. The van der Waals surface area contributed by atoms with Crippen LogP contribution in [0.5, 0.6) is 0 Å². The molecule has 0 amide bonds. The van der Waals surface area contributed by atoms with Crippen molar-refractivity contribution in [3.05, 3.63) is 35.9 Å². The van der Waals surface area contributed by atoms with E-state index < -0.39 is 0 Å². The molecule has 2 fully saturated rings. The highest BCUT2D eigenvalue weighted by Crippen LogP contribution is 2.27. The summed E-state index contributed by atoms with van der Waals surface area (Å²) in [6, 6.07) is 11.6. The number of nitrogens with one attached hydrogen (secondary N) is 1. The quantitative estimate of drug-likeness (QED) is 0.413. The van der Waals surface area contributed by atoms with Gasteiger partial charge < -0.3 is 15.1 Å². The number of guanidine groups is 1. The summed E-state index contributed by atoms with van der Waals surface area (Å²) in [5.41, 5.74) is 1.46. The summed E-state index contributed by atoms with van der Waals surface area (Å²) in [6.07, 6.45) is 3.87. The Kier molecular flexibility index (Phi) is 8.67. The molecule has 146 valence electrons. The van der Waals surface area contributed by atoms with Crippen molar-refractivity contribution in [3.8, 4) is 0 Å². The molecule has 2 heterocycles. The predicted molar refractivity (Wildman–Crippen MR) is 122 cm³/mol. The van der Waals surface area contributed by atoms with Crippen LogP contribution in [0.4, 0.5) is 0 Å². The highest BCUT2D eigenvalue weighted by Gasteiger charge is 2.27. The third-order valence-corrected chi connectivity index (χ3v) is 5.80. The van der Waals surface area contributed by atoms with E-state index in [1.807, 2.05) is 7.05 Å². The predicted octanol–water partition coefficient (Wildman–Crippen LogP) is 3.79. The van der Waals surface area contributed by atoms with E-state index in [2.05, 4.69) is 64.3 Å². The van der Waals surface area contributed by atoms with Crippen LogP contribution in [0.25, 0.3) is 0 Å². The number of rotatable bonds is 4. The van der Waals surface area contributed by atoms with E-state index in [1.165, 1.54) is 37.9 Å². The summed E-state index contributed by atoms with van der Waals surface area (Å²) in [5.74, 6) is 2.45. The average Bonchev–Trinajstić information content (AvgIpc) is 3.13. The molecule has 2 aliphatic rings. The third kappa shape index (κ3) is 5.59. The fraction of sp³-hybridized carbons (Fsp3) is 0.667. The molecule has 0 bridgehead atoms. The SMILES string of the molecule is CN=C(NCC1CCCN(C(C)C)C1)N1CCC(c2ccccc2)C1.I. The number of hydrogen-bond acceptors (Lipinski definition) is 2.